The van der Waals surface area contributed by atoms with E-state index in [9.17, 15) is 0 Å². The zero-order valence-corrected chi connectivity index (χ0v) is 9.83. The lowest BCUT2D eigenvalue weighted by Gasteiger charge is -2.23. The average molecular weight is 204 g/mol. The van der Waals surface area contributed by atoms with Crippen LogP contribution < -0.4 is 5.32 Å². The van der Waals surface area contributed by atoms with Gasteiger partial charge in [-0.3, -0.25) is 4.98 Å². The molecule has 0 aliphatic heterocycles. The minimum Gasteiger partial charge on any atom is -0.381 e. The van der Waals surface area contributed by atoms with Crippen molar-refractivity contribution in [3.05, 3.63) is 24.0 Å². The van der Waals surface area contributed by atoms with Crippen LogP contribution in [-0.4, -0.2) is 11.0 Å². The quantitative estimate of drug-likeness (QED) is 0.814. The van der Waals surface area contributed by atoms with Crippen molar-refractivity contribution in [2.24, 2.45) is 11.8 Å². The van der Waals surface area contributed by atoms with Gasteiger partial charge in [0.1, 0.15) is 0 Å². The Balaban J connectivity index is 2.05. The first-order chi connectivity index (χ1) is 7.16. The summed E-state index contributed by atoms with van der Waals surface area (Å²) >= 11 is 0. The molecule has 2 rings (SSSR count). The first kappa shape index (κ1) is 10.5. The Morgan fingerprint density at radius 2 is 2.07 bits per heavy atom. The van der Waals surface area contributed by atoms with Gasteiger partial charge in [-0.25, -0.2) is 0 Å². The molecular weight excluding hydrogens is 184 g/mol. The Hall–Kier alpha value is -1.05. The number of hydrogen-bond acceptors (Lipinski definition) is 2. The molecule has 15 heavy (non-hydrogen) atoms. The normalized spacial score (nSPS) is 17.9. The highest BCUT2D eigenvalue weighted by atomic mass is 15.0. The fraction of sp³-hybridized carbons (Fsp3) is 0.615. The summed E-state index contributed by atoms with van der Waals surface area (Å²) in [6, 6.07) is 2.79. The topological polar surface area (TPSA) is 24.9 Å². The number of hydrogen-bond donors (Lipinski definition) is 1. The molecule has 0 spiro atoms. The highest BCUT2D eigenvalue weighted by Crippen LogP contribution is 2.37. The molecule has 82 valence electrons. The highest BCUT2D eigenvalue weighted by molar-refractivity contribution is 5.43. The van der Waals surface area contributed by atoms with Gasteiger partial charge in [0.2, 0.25) is 0 Å². The van der Waals surface area contributed by atoms with Gasteiger partial charge in [-0.05, 0) is 43.2 Å². The van der Waals surface area contributed by atoms with E-state index in [1.165, 1.54) is 24.1 Å². The number of pyridine rings is 1. The molecule has 1 aromatic rings. The molecule has 1 aromatic heterocycles. The van der Waals surface area contributed by atoms with Gasteiger partial charge in [0.15, 0.2) is 0 Å². The summed E-state index contributed by atoms with van der Waals surface area (Å²) in [5.41, 5.74) is 2.39. The Morgan fingerprint density at radius 1 is 1.33 bits per heavy atom. The van der Waals surface area contributed by atoms with E-state index in [0.717, 1.165) is 5.92 Å². The van der Waals surface area contributed by atoms with Crippen molar-refractivity contribution >= 4 is 5.69 Å². The lowest BCUT2D eigenvalue weighted by molar-refractivity contribution is 0.476. The maximum Gasteiger partial charge on any atom is 0.0531 e. The molecule has 1 aliphatic rings. The van der Waals surface area contributed by atoms with Crippen LogP contribution in [0.15, 0.2) is 18.5 Å². The smallest absolute Gasteiger partial charge is 0.0531 e. The van der Waals surface area contributed by atoms with Gasteiger partial charge in [0.05, 0.1) is 5.69 Å². The Morgan fingerprint density at radius 3 is 2.60 bits per heavy atom. The molecule has 1 heterocycles. The third-order valence-electron chi connectivity index (χ3n) is 3.06. The van der Waals surface area contributed by atoms with Gasteiger partial charge < -0.3 is 5.32 Å². The summed E-state index contributed by atoms with van der Waals surface area (Å²) in [4.78, 5) is 4.21. The summed E-state index contributed by atoms with van der Waals surface area (Å²) in [5, 5.41) is 3.62. The first-order valence-corrected chi connectivity index (χ1v) is 5.85. The zero-order valence-electron chi connectivity index (χ0n) is 9.83. The van der Waals surface area contributed by atoms with E-state index in [1.807, 2.05) is 12.4 Å². The Labute approximate surface area is 92.1 Å². The molecule has 0 saturated heterocycles. The number of nitrogens with one attached hydrogen (secondary N) is 1. The van der Waals surface area contributed by atoms with Crippen molar-refractivity contribution in [1.29, 1.82) is 0 Å². The molecule has 2 heteroatoms. The monoisotopic (exact) mass is 204 g/mol. The highest BCUT2D eigenvalue weighted by Gasteiger charge is 2.32. The number of anilines is 1. The minimum absolute atomic E-state index is 0.619. The van der Waals surface area contributed by atoms with Crippen molar-refractivity contribution < 1.29 is 0 Å². The molecule has 0 bridgehead atoms. The van der Waals surface area contributed by atoms with Gasteiger partial charge in [-0.15, -0.1) is 0 Å². The van der Waals surface area contributed by atoms with Gasteiger partial charge in [0.25, 0.3) is 0 Å². The van der Waals surface area contributed by atoms with Gasteiger partial charge in [-0.1, -0.05) is 13.8 Å². The molecule has 0 amide bonds. The van der Waals surface area contributed by atoms with E-state index in [-0.39, 0.29) is 0 Å². The van der Waals surface area contributed by atoms with Crippen molar-refractivity contribution in [3.8, 4) is 0 Å². The van der Waals surface area contributed by atoms with Crippen molar-refractivity contribution in [3.63, 3.8) is 0 Å². The van der Waals surface area contributed by atoms with Gasteiger partial charge >= 0.3 is 0 Å². The van der Waals surface area contributed by atoms with Crippen LogP contribution >= 0.6 is 0 Å². The summed E-state index contributed by atoms with van der Waals surface area (Å²) in [5.74, 6) is 1.57. The molecule has 1 atom stereocenters. The Kier molecular flexibility index (Phi) is 2.94. The SMILES string of the molecule is Cc1cncc(NC(C(C)C)C2CC2)c1. The van der Waals surface area contributed by atoms with Crippen molar-refractivity contribution in [2.75, 3.05) is 5.32 Å². The van der Waals surface area contributed by atoms with E-state index in [0.29, 0.717) is 12.0 Å². The first-order valence-electron chi connectivity index (χ1n) is 5.85. The minimum atomic E-state index is 0.619. The lowest BCUT2D eigenvalue weighted by atomic mass is 9.99. The Bertz CT molecular complexity index is 327. The molecule has 0 aromatic carbocycles. The second-order valence-electron chi connectivity index (χ2n) is 5.00. The van der Waals surface area contributed by atoms with Crippen LogP contribution in [0.5, 0.6) is 0 Å². The van der Waals surface area contributed by atoms with E-state index in [4.69, 9.17) is 0 Å². The number of aryl methyl sites for hydroxylation is 1. The number of rotatable bonds is 4. The third-order valence-corrected chi connectivity index (χ3v) is 3.06. The zero-order chi connectivity index (χ0) is 10.8. The van der Waals surface area contributed by atoms with Crippen LogP contribution in [-0.2, 0) is 0 Å². The van der Waals surface area contributed by atoms with Gasteiger partial charge in [-0.2, -0.15) is 0 Å². The van der Waals surface area contributed by atoms with Crippen LogP contribution in [0.1, 0.15) is 32.3 Å². The summed E-state index contributed by atoms with van der Waals surface area (Å²) in [6.45, 7) is 6.66. The largest absolute Gasteiger partial charge is 0.381 e. The summed E-state index contributed by atoms with van der Waals surface area (Å²) in [6.07, 6.45) is 6.58. The second-order valence-corrected chi connectivity index (χ2v) is 5.00. The van der Waals surface area contributed by atoms with Crippen LogP contribution in [0, 0.1) is 18.8 Å². The average Bonchev–Trinajstić information content (AvgIpc) is 2.97. The van der Waals surface area contributed by atoms with E-state index >= 15 is 0 Å². The summed E-state index contributed by atoms with van der Waals surface area (Å²) < 4.78 is 0. The molecule has 0 radical (unpaired) electrons. The van der Waals surface area contributed by atoms with Crippen LogP contribution in [0.25, 0.3) is 0 Å². The molecule has 1 N–H and O–H groups in total. The molecule has 1 fully saturated rings. The van der Waals surface area contributed by atoms with E-state index < -0.39 is 0 Å². The maximum atomic E-state index is 4.21. The fourth-order valence-electron chi connectivity index (χ4n) is 2.11. The van der Waals surface area contributed by atoms with Crippen LogP contribution in [0.4, 0.5) is 5.69 Å². The number of nitrogens with zero attached hydrogens (tertiary/aromatic N) is 1. The fourth-order valence-corrected chi connectivity index (χ4v) is 2.11. The standard InChI is InChI=1S/C13H20N2/c1-9(2)13(11-4-5-11)15-12-6-10(3)7-14-8-12/h6-9,11,13,15H,4-5H2,1-3H3. The molecule has 1 saturated carbocycles. The van der Waals surface area contributed by atoms with E-state index in [2.05, 4.69) is 37.1 Å². The lowest BCUT2D eigenvalue weighted by Crippen LogP contribution is -2.27. The summed E-state index contributed by atoms with van der Waals surface area (Å²) in [7, 11) is 0. The second kappa shape index (κ2) is 4.21. The van der Waals surface area contributed by atoms with Crippen molar-refractivity contribution in [2.45, 2.75) is 39.7 Å². The predicted octanol–water partition coefficient (Wildman–Crippen LogP) is 3.24. The molecule has 1 unspecified atom stereocenters. The van der Waals surface area contributed by atoms with E-state index in [1.54, 1.807) is 0 Å². The molecular formula is C13H20N2. The molecule has 2 nitrogen and oxygen atoms in total. The third kappa shape index (κ3) is 2.71. The van der Waals surface area contributed by atoms with Gasteiger partial charge in [0, 0.05) is 18.4 Å². The van der Waals surface area contributed by atoms with Crippen LogP contribution in [0.3, 0.4) is 0 Å². The molecule has 1 aliphatic carbocycles. The predicted molar refractivity (Wildman–Crippen MR) is 63.9 cm³/mol. The van der Waals surface area contributed by atoms with Crippen LogP contribution in [0.2, 0.25) is 0 Å². The number of aromatic nitrogens is 1. The van der Waals surface area contributed by atoms with Crippen molar-refractivity contribution in [1.82, 2.24) is 4.98 Å². The maximum absolute atomic E-state index is 4.21.